The molecule has 3 aromatic rings. The predicted octanol–water partition coefficient (Wildman–Crippen LogP) is 5.44. The van der Waals surface area contributed by atoms with Crippen molar-refractivity contribution in [3.63, 3.8) is 0 Å². The number of carbonyl (C=O) groups is 1. The molecule has 2 aromatic carbocycles. The van der Waals surface area contributed by atoms with Gasteiger partial charge in [-0.1, -0.05) is 35.9 Å². The molecular formula is C21H17ClN2O. The second kappa shape index (κ2) is 5.94. The van der Waals surface area contributed by atoms with Crippen LogP contribution < -0.4 is 5.32 Å². The lowest BCUT2D eigenvalue weighted by molar-refractivity contribution is -0.110. The van der Waals surface area contributed by atoms with Gasteiger partial charge < -0.3 is 10.3 Å². The monoisotopic (exact) mass is 348 g/mol. The Morgan fingerprint density at radius 3 is 2.56 bits per heavy atom. The zero-order valence-electron chi connectivity index (χ0n) is 14.0. The maximum atomic E-state index is 12.6. The van der Waals surface area contributed by atoms with Gasteiger partial charge in [-0.05, 0) is 60.9 Å². The first-order chi connectivity index (χ1) is 12.0. The first kappa shape index (κ1) is 15.7. The third kappa shape index (κ3) is 2.77. The minimum absolute atomic E-state index is 0.0869. The number of hydrogen-bond donors (Lipinski definition) is 2. The fourth-order valence-corrected chi connectivity index (χ4v) is 3.52. The van der Waals surface area contributed by atoms with Crippen LogP contribution in [0.5, 0.6) is 0 Å². The number of carbonyl (C=O) groups excluding carboxylic acids is 1. The van der Waals surface area contributed by atoms with E-state index in [9.17, 15) is 4.79 Å². The molecule has 0 bridgehead atoms. The molecule has 3 nitrogen and oxygen atoms in total. The van der Waals surface area contributed by atoms with Crippen molar-refractivity contribution in [2.24, 2.45) is 0 Å². The second-order valence-corrected chi connectivity index (χ2v) is 6.74. The molecule has 0 spiro atoms. The Morgan fingerprint density at radius 1 is 1.04 bits per heavy atom. The molecule has 0 saturated heterocycles. The molecule has 1 aliphatic heterocycles. The van der Waals surface area contributed by atoms with Gasteiger partial charge in [0.2, 0.25) is 0 Å². The number of hydrogen-bond acceptors (Lipinski definition) is 1. The lowest BCUT2D eigenvalue weighted by atomic mass is 9.94. The highest BCUT2D eigenvalue weighted by Crippen LogP contribution is 2.40. The van der Waals surface area contributed by atoms with Crippen LogP contribution >= 0.6 is 11.6 Å². The van der Waals surface area contributed by atoms with E-state index in [4.69, 9.17) is 11.6 Å². The maximum absolute atomic E-state index is 12.6. The van der Waals surface area contributed by atoms with Gasteiger partial charge in [-0.2, -0.15) is 0 Å². The highest BCUT2D eigenvalue weighted by atomic mass is 35.5. The molecule has 1 amide bonds. The highest BCUT2D eigenvalue weighted by molar-refractivity contribution is 6.36. The van der Waals surface area contributed by atoms with E-state index in [0.717, 1.165) is 39.3 Å². The van der Waals surface area contributed by atoms with Gasteiger partial charge in [-0.25, -0.2) is 0 Å². The smallest absolute Gasteiger partial charge is 0.256 e. The minimum atomic E-state index is -0.0869. The summed E-state index contributed by atoms with van der Waals surface area (Å²) >= 11 is 6.16. The summed E-state index contributed by atoms with van der Waals surface area (Å²) in [6, 6.07) is 15.7. The Morgan fingerprint density at radius 2 is 1.84 bits per heavy atom. The lowest BCUT2D eigenvalue weighted by Crippen LogP contribution is -2.03. The lowest BCUT2D eigenvalue weighted by Gasteiger charge is -2.09. The number of aryl methyl sites for hydroxylation is 2. The van der Waals surface area contributed by atoms with E-state index in [-0.39, 0.29) is 5.91 Å². The Kier molecular flexibility index (Phi) is 3.74. The van der Waals surface area contributed by atoms with Crippen molar-refractivity contribution < 1.29 is 4.79 Å². The van der Waals surface area contributed by atoms with Crippen LogP contribution in [0, 0.1) is 13.8 Å². The SMILES string of the molecule is Cc1cc(C)c(C=C2C(=O)Nc3cccc(-c4cccc(Cl)c4)c32)[nH]1. The number of aromatic amines is 1. The van der Waals surface area contributed by atoms with Crippen molar-refractivity contribution in [1.29, 1.82) is 0 Å². The number of halogens is 1. The first-order valence-electron chi connectivity index (χ1n) is 8.11. The van der Waals surface area contributed by atoms with Crippen LogP contribution in [0.4, 0.5) is 5.69 Å². The molecule has 4 rings (SSSR count). The molecule has 0 atom stereocenters. The highest BCUT2D eigenvalue weighted by Gasteiger charge is 2.27. The Balaban J connectivity index is 1.92. The molecule has 1 aromatic heterocycles. The average Bonchev–Trinajstić information content (AvgIpc) is 3.06. The number of aromatic nitrogens is 1. The number of benzene rings is 2. The van der Waals surface area contributed by atoms with Crippen LogP contribution in [0.3, 0.4) is 0 Å². The van der Waals surface area contributed by atoms with E-state index >= 15 is 0 Å². The van der Waals surface area contributed by atoms with Crippen LogP contribution in [0.2, 0.25) is 5.02 Å². The van der Waals surface area contributed by atoms with Crippen molar-refractivity contribution >= 4 is 34.8 Å². The predicted molar refractivity (Wildman–Crippen MR) is 104 cm³/mol. The van der Waals surface area contributed by atoms with Gasteiger partial charge >= 0.3 is 0 Å². The van der Waals surface area contributed by atoms with E-state index in [1.54, 1.807) is 0 Å². The van der Waals surface area contributed by atoms with Crippen molar-refractivity contribution in [2.45, 2.75) is 13.8 Å². The summed E-state index contributed by atoms with van der Waals surface area (Å²) in [5.41, 5.74) is 7.54. The Labute approximate surface area is 151 Å². The second-order valence-electron chi connectivity index (χ2n) is 6.30. The van der Waals surface area contributed by atoms with Crippen LogP contribution in [-0.2, 0) is 4.79 Å². The number of rotatable bonds is 2. The number of fused-ring (bicyclic) bond motifs is 1. The summed E-state index contributed by atoms with van der Waals surface area (Å²) < 4.78 is 0. The molecule has 0 radical (unpaired) electrons. The van der Waals surface area contributed by atoms with E-state index in [2.05, 4.69) is 16.4 Å². The standard InChI is InChI=1S/C21H17ClN2O/c1-12-9-13(2)23-19(12)11-17-20-16(14-5-3-6-15(22)10-14)7-4-8-18(20)24-21(17)25/h3-11,23H,1-2H3,(H,24,25). The average molecular weight is 349 g/mol. The normalized spacial score (nSPS) is 14.7. The van der Waals surface area contributed by atoms with Crippen molar-refractivity contribution in [2.75, 3.05) is 5.32 Å². The summed E-state index contributed by atoms with van der Waals surface area (Å²) in [7, 11) is 0. The topological polar surface area (TPSA) is 44.9 Å². The summed E-state index contributed by atoms with van der Waals surface area (Å²) in [6.07, 6.45) is 1.93. The van der Waals surface area contributed by atoms with Crippen LogP contribution in [0.15, 0.2) is 48.5 Å². The van der Waals surface area contributed by atoms with E-state index in [1.165, 1.54) is 0 Å². The molecule has 2 N–H and O–H groups in total. The molecule has 0 unspecified atom stereocenters. The zero-order valence-corrected chi connectivity index (χ0v) is 14.7. The van der Waals surface area contributed by atoms with Gasteiger partial charge in [0.15, 0.2) is 0 Å². The molecule has 4 heteroatoms. The summed E-state index contributed by atoms with van der Waals surface area (Å²) in [5.74, 6) is -0.0869. The van der Waals surface area contributed by atoms with Crippen LogP contribution in [0.1, 0.15) is 22.5 Å². The van der Waals surface area contributed by atoms with Gasteiger partial charge in [0, 0.05) is 27.7 Å². The molecular weight excluding hydrogens is 332 g/mol. The summed E-state index contributed by atoms with van der Waals surface area (Å²) in [4.78, 5) is 15.9. The molecule has 124 valence electrons. The van der Waals surface area contributed by atoms with Gasteiger partial charge in [0.05, 0.1) is 5.57 Å². The fraction of sp³-hybridized carbons (Fsp3) is 0.0952. The fourth-order valence-electron chi connectivity index (χ4n) is 3.33. The molecule has 1 aliphatic rings. The molecule has 0 saturated carbocycles. The first-order valence-corrected chi connectivity index (χ1v) is 8.49. The summed E-state index contributed by atoms with van der Waals surface area (Å²) in [5, 5.41) is 3.64. The van der Waals surface area contributed by atoms with Gasteiger partial charge in [0.25, 0.3) is 5.91 Å². The third-order valence-corrected chi connectivity index (χ3v) is 4.68. The van der Waals surface area contributed by atoms with E-state index in [0.29, 0.717) is 10.6 Å². The van der Waals surface area contributed by atoms with Crippen LogP contribution in [-0.4, -0.2) is 10.9 Å². The zero-order chi connectivity index (χ0) is 17.6. The van der Waals surface area contributed by atoms with Crippen molar-refractivity contribution in [3.8, 4) is 11.1 Å². The van der Waals surface area contributed by atoms with Crippen LogP contribution in [0.25, 0.3) is 22.8 Å². The van der Waals surface area contributed by atoms with Gasteiger partial charge in [-0.15, -0.1) is 0 Å². The number of nitrogens with one attached hydrogen (secondary N) is 2. The Bertz CT molecular complexity index is 1030. The largest absolute Gasteiger partial charge is 0.359 e. The van der Waals surface area contributed by atoms with Gasteiger partial charge in [0.1, 0.15) is 0 Å². The molecule has 25 heavy (non-hydrogen) atoms. The van der Waals surface area contributed by atoms with Crippen molar-refractivity contribution in [1.82, 2.24) is 4.98 Å². The molecule has 2 heterocycles. The van der Waals surface area contributed by atoms with E-state index in [1.807, 2.05) is 62.4 Å². The molecule has 0 aliphatic carbocycles. The van der Waals surface area contributed by atoms with Gasteiger partial charge in [-0.3, -0.25) is 4.79 Å². The maximum Gasteiger partial charge on any atom is 0.256 e. The summed E-state index contributed by atoms with van der Waals surface area (Å²) in [6.45, 7) is 4.04. The Hall–Kier alpha value is -2.78. The molecule has 0 fully saturated rings. The quantitative estimate of drug-likeness (QED) is 0.595. The van der Waals surface area contributed by atoms with E-state index < -0.39 is 0 Å². The minimum Gasteiger partial charge on any atom is -0.359 e. The van der Waals surface area contributed by atoms with Crippen molar-refractivity contribution in [3.05, 3.63) is 76.1 Å². The number of H-pyrrole nitrogens is 1. The number of anilines is 1. The third-order valence-electron chi connectivity index (χ3n) is 4.44. The number of amides is 1.